The Hall–Kier alpha value is -4.11. The van der Waals surface area contributed by atoms with Crippen LogP contribution in [0.4, 0.5) is 14.9 Å². The monoisotopic (exact) mass is 637 g/mol. The summed E-state index contributed by atoms with van der Waals surface area (Å²) in [6, 6.07) is 15.7. The number of nitrogens with zero attached hydrogens (tertiary/aromatic N) is 3. The molecule has 0 saturated carbocycles. The molecule has 2 unspecified atom stereocenters. The summed E-state index contributed by atoms with van der Waals surface area (Å²) in [7, 11) is 0. The van der Waals surface area contributed by atoms with Crippen LogP contribution in [-0.2, 0) is 14.3 Å². The fraction of sp³-hybridized carbons (Fsp3) is 0.400. The number of benzene rings is 2. The molecule has 2 aliphatic rings. The topological polar surface area (TPSA) is 79.4 Å². The van der Waals surface area contributed by atoms with E-state index in [4.69, 9.17) is 21.1 Å². The average Bonchev–Trinajstić information content (AvgIpc) is 3.01. The molecule has 3 amide bonds. The highest BCUT2D eigenvalue weighted by atomic mass is 35.5. The molecule has 2 atom stereocenters. The Bertz CT molecular complexity index is 1450. The van der Waals surface area contributed by atoms with Gasteiger partial charge in [0.25, 0.3) is 0 Å². The number of rotatable bonds is 9. The predicted octanol–water partition coefficient (Wildman–Crippen LogP) is 7.26. The molecule has 4 rings (SSSR count). The third-order valence-corrected chi connectivity index (χ3v) is 7.93. The number of alkyl halides is 1. The van der Waals surface area contributed by atoms with E-state index in [2.05, 4.69) is 6.58 Å². The van der Waals surface area contributed by atoms with Gasteiger partial charge in [0.05, 0.1) is 6.04 Å². The van der Waals surface area contributed by atoms with Crippen molar-refractivity contribution < 1.29 is 28.2 Å². The largest absolute Gasteiger partial charge is 0.457 e. The summed E-state index contributed by atoms with van der Waals surface area (Å²) in [5, 5.41) is 0. The van der Waals surface area contributed by atoms with E-state index in [1.165, 1.54) is 11.0 Å². The third-order valence-electron chi connectivity index (χ3n) is 7.70. The molecule has 1 heterocycles. The van der Waals surface area contributed by atoms with E-state index >= 15 is 0 Å². The first-order valence-corrected chi connectivity index (χ1v) is 15.6. The van der Waals surface area contributed by atoms with Crippen LogP contribution in [0.15, 0.2) is 90.3 Å². The number of amides is 3. The first-order chi connectivity index (χ1) is 21.3. The second kappa shape index (κ2) is 14.8. The van der Waals surface area contributed by atoms with E-state index in [-0.39, 0.29) is 49.7 Å². The smallest absolute Gasteiger partial charge is 0.410 e. The fourth-order valence-corrected chi connectivity index (χ4v) is 5.59. The van der Waals surface area contributed by atoms with Crippen LogP contribution < -0.4 is 9.64 Å². The van der Waals surface area contributed by atoms with Crippen LogP contribution in [0.3, 0.4) is 0 Å². The average molecular weight is 638 g/mol. The Morgan fingerprint density at radius 3 is 2.36 bits per heavy atom. The van der Waals surface area contributed by atoms with Crippen LogP contribution in [0.25, 0.3) is 0 Å². The standard InChI is InChI=1S/C35H41ClFN3O5/c1-24-11-16-30(37)26(19-24)20-25(2)31-22-38(17-18-39(31)34(43)45-35(3,4)5)33(42)23-40(32(41)21-36)27-12-14-29(15-13-27)44-28-9-7-6-8-10-28/h6-16,25,31H,1,17-23H2,2-5H3. The zero-order valence-corrected chi connectivity index (χ0v) is 27.1. The number of anilines is 1. The number of ether oxygens (including phenoxy) is 2. The van der Waals surface area contributed by atoms with Crippen molar-refractivity contribution in [2.75, 3.05) is 37.0 Å². The van der Waals surface area contributed by atoms with Gasteiger partial charge in [-0.3, -0.25) is 9.59 Å². The molecule has 2 aromatic rings. The Morgan fingerprint density at radius 1 is 1.04 bits per heavy atom. The van der Waals surface area contributed by atoms with Gasteiger partial charge >= 0.3 is 6.09 Å². The number of piperazine rings is 1. The number of carbonyl (C=O) groups is 3. The lowest BCUT2D eigenvalue weighted by atomic mass is 9.87. The molecule has 10 heteroatoms. The molecule has 0 spiro atoms. The van der Waals surface area contributed by atoms with Crippen LogP contribution in [-0.4, -0.2) is 71.4 Å². The van der Waals surface area contributed by atoms with Gasteiger partial charge in [0.1, 0.15) is 35.4 Å². The summed E-state index contributed by atoms with van der Waals surface area (Å²) in [6.45, 7) is 11.8. The Labute approximate surface area is 269 Å². The normalized spacial score (nSPS) is 17.6. The van der Waals surface area contributed by atoms with Crippen molar-refractivity contribution in [2.45, 2.75) is 52.2 Å². The van der Waals surface area contributed by atoms with Gasteiger partial charge in [-0.15, -0.1) is 11.6 Å². The van der Waals surface area contributed by atoms with E-state index in [0.29, 0.717) is 35.6 Å². The third kappa shape index (κ3) is 9.20. The Balaban J connectivity index is 1.51. The lowest BCUT2D eigenvalue weighted by molar-refractivity contribution is -0.134. The molecule has 0 N–H and O–H groups in total. The predicted molar refractivity (Wildman–Crippen MR) is 174 cm³/mol. The summed E-state index contributed by atoms with van der Waals surface area (Å²) in [6.07, 6.45) is 3.40. The molecule has 2 aromatic carbocycles. The molecule has 1 saturated heterocycles. The highest BCUT2D eigenvalue weighted by Gasteiger charge is 2.38. The summed E-state index contributed by atoms with van der Waals surface area (Å²) in [5.74, 6) is -0.267. The lowest BCUT2D eigenvalue weighted by Gasteiger charge is -2.44. The molecule has 45 heavy (non-hydrogen) atoms. The number of halogens is 2. The molecule has 8 nitrogen and oxygen atoms in total. The van der Waals surface area contributed by atoms with Gasteiger partial charge in [0.15, 0.2) is 0 Å². The second-order valence-electron chi connectivity index (χ2n) is 12.4. The van der Waals surface area contributed by atoms with Gasteiger partial charge in [-0.1, -0.05) is 43.4 Å². The van der Waals surface area contributed by atoms with E-state index < -0.39 is 23.6 Å². The quantitative estimate of drug-likeness (QED) is 0.270. The van der Waals surface area contributed by atoms with Gasteiger partial charge in [-0.2, -0.15) is 0 Å². The molecule has 240 valence electrons. The number of hydrogen-bond acceptors (Lipinski definition) is 5. The van der Waals surface area contributed by atoms with Gasteiger partial charge in [0, 0.05) is 25.3 Å². The maximum absolute atomic E-state index is 14.7. The van der Waals surface area contributed by atoms with Crippen molar-refractivity contribution in [2.24, 2.45) is 5.92 Å². The minimum Gasteiger partial charge on any atom is -0.457 e. The van der Waals surface area contributed by atoms with Crippen LogP contribution in [0.5, 0.6) is 11.5 Å². The second-order valence-corrected chi connectivity index (χ2v) is 12.7. The summed E-state index contributed by atoms with van der Waals surface area (Å²) in [4.78, 5) is 44.5. The van der Waals surface area contributed by atoms with E-state index in [9.17, 15) is 18.8 Å². The molecular weight excluding hydrogens is 597 g/mol. The minimum absolute atomic E-state index is 0.203. The zero-order chi connectivity index (χ0) is 32.7. The summed E-state index contributed by atoms with van der Waals surface area (Å²) in [5.41, 5.74) is 1.22. The molecule has 0 radical (unpaired) electrons. The van der Waals surface area contributed by atoms with Crippen molar-refractivity contribution in [3.8, 4) is 11.5 Å². The van der Waals surface area contributed by atoms with Crippen molar-refractivity contribution in [1.29, 1.82) is 0 Å². The summed E-state index contributed by atoms with van der Waals surface area (Å²) >= 11 is 5.95. The maximum Gasteiger partial charge on any atom is 0.410 e. The van der Waals surface area contributed by atoms with Crippen molar-refractivity contribution in [1.82, 2.24) is 9.80 Å². The minimum atomic E-state index is -0.706. The van der Waals surface area contributed by atoms with Crippen LogP contribution in [0, 0.1) is 5.92 Å². The maximum atomic E-state index is 14.7. The van der Waals surface area contributed by atoms with E-state index in [1.54, 1.807) is 60.9 Å². The van der Waals surface area contributed by atoms with Gasteiger partial charge in [-0.05, 0) is 87.6 Å². The number of allylic oxidation sites excluding steroid dienone is 5. The number of hydrogen-bond donors (Lipinski definition) is 0. The van der Waals surface area contributed by atoms with Gasteiger partial charge < -0.3 is 24.2 Å². The van der Waals surface area contributed by atoms with E-state index in [0.717, 1.165) is 5.57 Å². The molecule has 0 bridgehead atoms. The van der Waals surface area contributed by atoms with Crippen molar-refractivity contribution >= 4 is 35.2 Å². The van der Waals surface area contributed by atoms with Crippen LogP contribution in [0.2, 0.25) is 0 Å². The fourth-order valence-electron chi connectivity index (χ4n) is 5.44. The molecular formula is C35H41ClFN3O5. The van der Waals surface area contributed by atoms with Gasteiger partial charge in [0.2, 0.25) is 11.8 Å². The van der Waals surface area contributed by atoms with Gasteiger partial charge in [-0.25, -0.2) is 9.18 Å². The van der Waals surface area contributed by atoms with Crippen molar-refractivity contribution in [3.05, 3.63) is 90.3 Å². The SMILES string of the molecule is C=C1C=CC(F)=C(CC(C)C2CN(C(=O)CN(C(=O)CCl)c3ccc(Oc4ccccc4)cc3)CCN2C(=O)OC(C)(C)C)C1. The number of carbonyl (C=O) groups excluding carboxylic acids is 3. The zero-order valence-electron chi connectivity index (χ0n) is 26.3. The molecule has 1 aliphatic carbocycles. The molecule has 1 fully saturated rings. The Kier molecular flexibility index (Phi) is 11.1. The summed E-state index contributed by atoms with van der Waals surface area (Å²) < 4.78 is 26.3. The first-order valence-electron chi connectivity index (χ1n) is 15.0. The Morgan fingerprint density at radius 2 is 1.71 bits per heavy atom. The molecule has 1 aliphatic heterocycles. The first kappa shape index (κ1) is 33.8. The van der Waals surface area contributed by atoms with Crippen molar-refractivity contribution in [3.63, 3.8) is 0 Å². The highest BCUT2D eigenvalue weighted by Crippen LogP contribution is 2.32. The number of para-hydroxylation sites is 1. The van der Waals surface area contributed by atoms with Crippen LogP contribution in [0.1, 0.15) is 40.5 Å². The highest BCUT2D eigenvalue weighted by molar-refractivity contribution is 6.29. The molecule has 0 aromatic heterocycles. The lowest BCUT2D eigenvalue weighted by Crippen LogP contribution is -2.60. The van der Waals surface area contributed by atoms with E-state index in [1.807, 2.05) is 37.3 Å². The van der Waals surface area contributed by atoms with Crippen LogP contribution >= 0.6 is 11.6 Å².